The maximum atomic E-state index is 9.31. The number of piperidine rings is 1. The van der Waals surface area contributed by atoms with Crippen LogP contribution in [0.5, 0.6) is 0 Å². The first-order chi connectivity index (χ1) is 12.2. The summed E-state index contributed by atoms with van der Waals surface area (Å²) in [6.07, 6.45) is 2.39. The van der Waals surface area contributed by atoms with Crippen molar-refractivity contribution < 1.29 is 5.11 Å². The monoisotopic (exact) mass is 338 g/mol. The van der Waals surface area contributed by atoms with Crippen molar-refractivity contribution in [1.29, 1.82) is 0 Å². The minimum atomic E-state index is 0.331. The molecule has 1 unspecified atom stereocenters. The molecule has 1 aliphatic rings. The Kier molecular flexibility index (Phi) is 6.62. The quantitative estimate of drug-likeness (QED) is 0.759. The van der Waals surface area contributed by atoms with Crippen LogP contribution in [0.2, 0.25) is 0 Å². The molecule has 2 N–H and O–H groups in total. The van der Waals surface area contributed by atoms with Crippen molar-refractivity contribution >= 4 is 0 Å². The highest BCUT2D eigenvalue weighted by atomic mass is 16.3. The van der Waals surface area contributed by atoms with E-state index in [2.05, 4.69) is 65.7 Å². The lowest BCUT2D eigenvalue weighted by Crippen LogP contribution is -2.40. The molecule has 2 aromatic carbocycles. The van der Waals surface area contributed by atoms with Crippen molar-refractivity contribution in [3.05, 3.63) is 59.7 Å². The molecule has 134 valence electrons. The van der Waals surface area contributed by atoms with Crippen LogP contribution < -0.4 is 5.32 Å². The first-order valence-electron chi connectivity index (χ1n) is 9.44. The number of rotatable bonds is 7. The van der Waals surface area contributed by atoms with Crippen molar-refractivity contribution in [1.82, 2.24) is 10.2 Å². The first-order valence-corrected chi connectivity index (χ1v) is 9.44. The van der Waals surface area contributed by atoms with Gasteiger partial charge in [0.25, 0.3) is 0 Å². The molecule has 2 aromatic rings. The molecule has 1 saturated heterocycles. The van der Waals surface area contributed by atoms with Crippen molar-refractivity contribution in [3.8, 4) is 11.1 Å². The van der Waals surface area contributed by atoms with E-state index in [0.717, 1.165) is 26.2 Å². The molecule has 0 spiro atoms. The molecule has 0 saturated carbocycles. The van der Waals surface area contributed by atoms with Gasteiger partial charge in [0.2, 0.25) is 0 Å². The zero-order chi connectivity index (χ0) is 17.5. The van der Waals surface area contributed by atoms with Gasteiger partial charge >= 0.3 is 0 Å². The maximum absolute atomic E-state index is 9.31. The number of likely N-dealkylation sites (tertiary alicyclic amines) is 1. The summed E-state index contributed by atoms with van der Waals surface area (Å²) in [5, 5.41) is 12.9. The highest BCUT2D eigenvalue weighted by molar-refractivity contribution is 5.64. The molecule has 3 heteroatoms. The van der Waals surface area contributed by atoms with Gasteiger partial charge in [-0.15, -0.1) is 0 Å². The van der Waals surface area contributed by atoms with Crippen LogP contribution in [0.3, 0.4) is 0 Å². The standard InChI is InChI=1S/C22H30N2O/c1-18-4-2-6-22(14-18)21-9-7-19(8-10-21)15-23-11-13-24-12-3-5-20(16-24)17-25/h2,4,6-10,14,20,23,25H,3,5,11-13,15-17H2,1H3. The largest absolute Gasteiger partial charge is 0.396 e. The number of aliphatic hydroxyl groups is 1. The van der Waals surface area contributed by atoms with E-state index in [4.69, 9.17) is 0 Å². The second-order valence-electron chi connectivity index (χ2n) is 7.23. The topological polar surface area (TPSA) is 35.5 Å². The van der Waals surface area contributed by atoms with Gasteiger partial charge in [-0.2, -0.15) is 0 Å². The fourth-order valence-corrected chi connectivity index (χ4v) is 3.61. The van der Waals surface area contributed by atoms with Gasteiger partial charge in [0, 0.05) is 32.8 Å². The number of hydrogen-bond acceptors (Lipinski definition) is 3. The van der Waals surface area contributed by atoms with Crippen molar-refractivity contribution in [2.45, 2.75) is 26.3 Å². The Morgan fingerprint density at radius 1 is 1.12 bits per heavy atom. The summed E-state index contributed by atoms with van der Waals surface area (Å²) in [5.74, 6) is 0.475. The highest BCUT2D eigenvalue weighted by Crippen LogP contribution is 2.20. The smallest absolute Gasteiger partial charge is 0.0471 e. The zero-order valence-corrected chi connectivity index (χ0v) is 15.2. The van der Waals surface area contributed by atoms with Gasteiger partial charge in [0.05, 0.1) is 0 Å². The SMILES string of the molecule is Cc1cccc(-c2ccc(CNCCN3CCCC(CO)C3)cc2)c1. The third-order valence-corrected chi connectivity index (χ3v) is 5.10. The maximum Gasteiger partial charge on any atom is 0.0471 e. The van der Waals surface area contributed by atoms with Crippen molar-refractivity contribution in [2.24, 2.45) is 5.92 Å². The van der Waals surface area contributed by atoms with Gasteiger partial charge in [-0.1, -0.05) is 54.1 Å². The van der Waals surface area contributed by atoms with Crippen LogP contribution in [-0.4, -0.2) is 42.8 Å². The van der Waals surface area contributed by atoms with Crippen molar-refractivity contribution in [2.75, 3.05) is 32.8 Å². The molecule has 0 radical (unpaired) electrons. The van der Waals surface area contributed by atoms with Crippen LogP contribution in [0.4, 0.5) is 0 Å². The van der Waals surface area contributed by atoms with E-state index < -0.39 is 0 Å². The predicted molar refractivity (Wildman–Crippen MR) is 105 cm³/mol. The normalized spacial score (nSPS) is 18.4. The average molecular weight is 338 g/mol. The zero-order valence-electron chi connectivity index (χ0n) is 15.2. The lowest BCUT2D eigenvalue weighted by molar-refractivity contribution is 0.121. The molecule has 1 heterocycles. The molecular formula is C22H30N2O. The van der Waals surface area contributed by atoms with Gasteiger partial charge in [-0.05, 0) is 48.9 Å². The molecule has 3 nitrogen and oxygen atoms in total. The molecule has 25 heavy (non-hydrogen) atoms. The number of nitrogens with zero attached hydrogens (tertiary/aromatic N) is 1. The molecular weight excluding hydrogens is 308 g/mol. The Bertz CT molecular complexity index is 653. The lowest BCUT2D eigenvalue weighted by atomic mass is 9.99. The Balaban J connectivity index is 1.43. The second-order valence-corrected chi connectivity index (χ2v) is 7.23. The van der Waals surface area contributed by atoms with Crippen LogP contribution in [0.1, 0.15) is 24.0 Å². The average Bonchev–Trinajstić information content (AvgIpc) is 2.66. The number of hydrogen-bond donors (Lipinski definition) is 2. The van der Waals surface area contributed by atoms with E-state index in [-0.39, 0.29) is 0 Å². The Morgan fingerprint density at radius 3 is 2.72 bits per heavy atom. The molecule has 3 rings (SSSR count). The van der Waals surface area contributed by atoms with Gasteiger partial charge in [0.15, 0.2) is 0 Å². The Labute approximate surface area is 151 Å². The summed E-state index contributed by atoms with van der Waals surface area (Å²) in [6.45, 7) is 7.65. The summed E-state index contributed by atoms with van der Waals surface area (Å²) in [5.41, 5.74) is 5.17. The van der Waals surface area contributed by atoms with Crippen LogP contribution in [0, 0.1) is 12.8 Å². The van der Waals surface area contributed by atoms with E-state index in [9.17, 15) is 5.11 Å². The summed E-state index contributed by atoms with van der Waals surface area (Å²) in [4.78, 5) is 2.47. The van der Waals surface area contributed by atoms with Crippen LogP contribution in [0.15, 0.2) is 48.5 Å². The van der Waals surface area contributed by atoms with Crippen LogP contribution >= 0.6 is 0 Å². The molecule has 0 bridgehead atoms. The van der Waals surface area contributed by atoms with E-state index in [1.165, 1.54) is 41.6 Å². The van der Waals surface area contributed by atoms with Gasteiger partial charge < -0.3 is 15.3 Å². The van der Waals surface area contributed by atoms with Crippen LogP contribution in [0.25, 0.3) is 11.1 Å². The second kappa shape index (κ2) is 9.14. The fraction of sp³-hybridized carbons (Fsp3) is 0.455. The first kappa shape index (κ1) is 18.1. The molecule has 0 aliphatic carbocycles. The molecule has 1 aliphatic heterocycles. The van der Waals surface area contributed by atoms with E-state index >= 15 is 0 Å². The number of nitrogens with one attached hydrogen (secondary N) is 1. The lowest BCUT2D eigenvalue weighted by Gasteiger charge is -2.31. The van der Waals surface area contributed by atoms with Crippen LogP contribution in [-0.2, 0) is 6.54 Å². The fourth-order valence-electron chi connectivity index (χ4n) is 3.61. The summed E-state index contributed by atoms with van der Waals surface area (Å²) >= 11 is 0. The highest BCUT2D eigenvalue weighted by Gasteiger charge is 2.18. The third-order valence-electron chi connectivity index (χ3n) is 5.10. The number of aliphatic hydroxyl groups excluding tert-OH is 1. The Morgan fingerprint density at radius 2 is 1.96 bits per heavy atom. The molecule has 1 fully saturated rings. The molecule has 0 aromatic heterocycles. The molecule has 1 atom stereocenters. The van der Waals surface area contributed by atoms with E-state index in [0.29, 0.717) is 12.5 Å². The third kappa shape index (κ3) is 5.40. The van der Waals surface area contributed by atoms with Gasteiger partial charge in [-0.25, -0.2) is 0 Å². The summed E-state index contributed by atoms with van der Waals surface area (Å²) in [7, 11) is 0. The van der Waals surface area contributed by atoms with E-state index in [1.54, 1.807) is 0 Å². The number of benzene rings is 2. The summed E-state index contributed by atoms with van der Waals surface area (Å²) in [6, 6.07) is 17.5. The number of aryl methyl sites for hydroxylation is 1. The molecule has 0 amide bonds. The minimum Gasteiger partial charge on any atom is -0.396 e. The van der Waals surface area contributed by atoms with Crippen molar-refractivity contribution in [3.63, 3.8) is 0 Å². The van der Waals surface area contributed by atoms with E-state index in [1.807, 2.05) is 0 Å². The Hall–Kier alpha value is -1.68. The van der Waals surface area contributed by atoms with Gasteiger partial charge in [0.1, 0.15) is 0 Å². The van der Waals surface area contributed by atoms with Gasteiger partial charge in [-0.3, -0.25) is 0 Å². The summed E-state index contributed by atoms with van der Waals surface area (Å²) < 4.78 is 0. The predicted octanol–water partition coefficient (Wildman–Crippen LogP) is 3.46. The minimum absolute atomic E-state index is 0.331.